The van der Waals surface area contributed by atoms with Crippen LogP contribution in [0.2, 0.25) is 0 Å². The van der Waals surface area contributed by atoms with Gasteiger partial charge in [-0.25, -0.2) is 0 Å². The summed E-state index contributed by atoms with van der Waals surface area (Å²) < 4.78 is 10.9. The summed E-state index contributed by atoms with van der Waals surface area (Å²) in [5, 5.41) is 6.72. The first-order chi connectivity index (χ1) is 13.8. The van der Waals surface area contributed by atoms with Crippen molar-refractivity contribution < 1.29 is 9.47 Å². The van der Waals surface area contributed by atoms with E-state index in [4.69, 9.17) is 9.47 Å². The van der Waals surface area contributed by atoms with E-state index in [1.54, 1.807) is 7.05 Å². The van der Waals surface area contributed by atoms with Crippen molar-refractivity contribution in [3.63, 3.8) is 0 Å². The van der Waals surface area contributed by atoms with E-state index in [0.717, 1.165) is 37.0 Å². The third-order valence-electron chi connectivity index (χ3n) is 3.93. The number of aliphatic imine (C=N–C) groups is 1. The van der Waals surface area contributed by atoms with Crippen LogP contribution in [-0.2, 0) is 22.6 Å². The minimum Gasteiger partial charge on any atom is -0.379 e. The zero-order chi connectivity index (χ0) is 19.9. The molecular weight excluding hydrogens is 370 g/mol. The average Bonchev–Trinajstić information content (AvgIpc) is 2.74. The van der Waals surface area contributed by atoms with Gasteiger partial charge in [0, 0.05) is 37.4 Å². The maximum absolute atomic E-state index is 5.64. The molecule has 0 saturated heterocycles. The van der Waals surface area contributed by atoms with E-state index in [9.17, 15) is 0 Å². The third-order valence-corrected chi connectivity index (χ3v) is 4.94. The number of nitrogens with zero attached hydrogens (tertiary/aromatic N) is 1. The van der Waals surface area contributed by atoms with Gasteiger partial charge in [0.05, 0.1) is 19.8 Å². The first-order valence-electron chi connectivity index (χ1n) is 9.67. The van der Waals surface area contributed by atoms with E-state index in [1.807, 2.05) is 24.8 Å². The van der Waals surface area contributed by atoms with Crippen LogP contribution in [0.1, 0.15) is 18.1 Å². The highest BCUT2D eigenvalue weighted by Crippen LogP contribution is 2.15. The summed E-state index contributed by atoms with van der Waals surface area (Å²) in [5.74, 6) is 1.80. The van der Waals surface area contributed by atoms with Gasteiger partial charge in [-0.1, -0.05) is 42.5 Å². The Morgan fingerprint density at radius 2 is 1.75 bits per heavy atom. The van der Waals surface area contributed by atoms with Crippen molar-refractivity contribution in [2.45, 2.75) is 25.0 Å². The highest BCUT2D eigenvalue weighted by Gasteiger charge is 2.01. The maximum Gasteiger partial charge on any atom is 0.191 e. The number of thioether (sulfide) groups is 1. The summed E-state index contributed by atoms with van der Waals surface area (Å²) in [4.78, 5) is 5.58. The van der Waals surface area contributed by atoms with Gasteiger partial charge in [0.2, 0.25) is 0 Å². The van der Waals surface area contributed by atoms with Gasteiger partial charge < -0.3 is 20.1 Å². The maximum atomic E-state index is 5.64. The van der Waals surface area contributed by atoms with Crippen LogP contribution in [0.4, 0.5) is 0 Å². The largest absolute Gasteiger partial charge is 0.379 e. The zero-order valence-corrected chi connectivity index (χ0v) is 17.6. The topological polar surface area (TPSA) is 54.9 Å². The Labute approximate surface area is 172 Å². The average molecular weight is 402 g/mol. The number of guanidine groups is 1. The van der Waals surface area contributed by atoms with Crippen LogP contribution >= 0.6 is 11.8 Å². The van der Waals surface area contributed by atoms with Gasteiger partial charge >= 0.3 is 0 Å². The van der Waals surface area contributed by atoms with Gasteiger partial charge in [-0.2, -0.15) is 0 Å². The van der Waals surface area contributed by atoms with Crippen molar-refractivity contribution in [3.8, 4) is 0 Å². The lowest BCUT2D eigenvalue weighted by atomic mass is 10.1. The van der Waals surface area contributed by atoms with Crippen LogP contribution < -0.4 is 10.6 Å². The molecule has 2 aromatic rings. The van der Waals surface area contributed by atoms with Gasteiger partial charge in [0.25, 0.3) is 0 Å². The molecule has 0 bridgehead atoms. The molecule has 0 amide bonds. The van der Waals surface area contributed by atoms with Crippen LogP contribution in [-0.4, -0.2) is 45.1 Å². The second-order valence-electron chi connectivity index (χ2n) is 6.08. The van der Waals surface area contributed by atoms with E-state index < -0.39 is 0 Å². The lowest BCUT2D eigenvalue weighted by Crippen LogP contribution is -2.37. The fourth-order valence-corrected chi connectivity index (χ4v) is 3.33. The van der Waals surface area contributed by atoms with Crippen LogP contribution in [0.3, 0.4) is 0 Å². The monoisotopic (exact) mass is 401 g/mol. The Bertz CT molecular complexity index is 695. The van der Waals surface area contributed by atoms with Crippen molar-refractivity contribution in [1.29, 1.82) is 0 Å². The van der Waals surface area contributed by atoms with Crippen LogP contribution in [0, 0.1) is 0 Å². The molecule has 0 heterocycles. The molecule has 6 heteroatoms. The molecule has 152 valence electrons. The van der Waals surface area contributed by atoms with Gasteiger partial charge in [-0.3, -0.25) is 4.99 Å². The van der Waals surface area contributed by atoms with Crippen LogP contribution in [0.5, 0.6) is 0 Å². The Morgan fingerprint density at radius 1 is 0.964 bits per heavy atom. The summed E-state index contributed by atoms with van der Waals surface area (Å²) >= 11 is 1.83. The predicted molar refractivity (Wildman–Crippen MR) is 118 cm³/mol. The molecule has 2 rings (SSSR count). The molecule has 0 aliphatic carbocycles. The quantitative estimate of drug-likeness (QED) is 0.246. The second-order valence-corrected chi connectivity index (χ2v) is 7.25. The molecule has 0 unspecified atom stereocenters. The summed E-state index contributed by atoms with van der Waals surface area (Å²) in [6, 6.07) is 18.8. The molecular formula is C22H31N3O2S. The van der Waals surface area contributed by atoms with Crippen molar-refractivity contribution in [1.82, 2.24) is 10.6 Å². The molecule has 0 aliphatic heterocycles. The number of hydrogen-bond acceptors (Lipinski definition) is 4. The molecule has 0 saturated carbocycles. The SMILES string of the molecule is CCOCCOCc1cccc(CNC(=NC)NCCSc2ccccc2)c1. The van der Waals surface area contributed by atoms with E-state index >= 15 is 0 Å². The summed E-state index contributed by atoms with van der Waals surface area (Å²) in [6.07, 6.45) is 0. The molecule has 2 N–H and O–H groups in total. The van der Waals surface area contributed by atoms with E-state index in [-0.39, 0.29) is 0 Å². The number of nitrogens with one attached hydrogen (secondary N) is 2. The molecule has 28 heavy (non-hydrogen) atoms. The number of ether oxygens (including phenoxy) is 2. The van der Waals surface area contributed by atoms with Crippen molar-refractivity contribution in [3.05, 3.63) is 65.7 Å². The Balaban J connectivity index is 1.67. The molecule has 0 aliphatic rings. The minimum absolute atomic E-state index is 0.602. The minimum atomic E-state index is 0.602. The van der Waals surface area contributed by atoms with E-state index in [1.165, 1.54) is 10.5 Å². The Kier molecular flexibility index (Phi) is 11.2. The molecule has 0 radical (unpaired) electrons. The van der Waals surface area contributed by atoms with Gasteiger partial charge in [0.15, 0.2) is 5.96 Å². The van der Waals surface area contributed by atoms with E-state index in [0.29, 0.717) is 19.8 Å². The molecule has 0 fully saturated rings. The van der Waals surface area contributed by atoms with Crippen LogP contribution in [0.25, 0.3) is 0 Å². The first kappa shape index (κ1) is 22.3. The normalized spacial score (nSPS) is 11.4. The smallest absolute Gasteiger partial charge is 0.191 e. The summed E-state index contributed by atoms with van der Waals surface area (Å²) in [5.41, 5.74) is 2.37. The zero-order valence-electron chi connectivity index (χ0n) is 16.8. The number of benzene rings is 2. The molecule has 0 spiro atoms. The number of rotatable bonds is 12. The fraction of sp³-hybridized carbons (Fsp3) is 0.409. The summed E-state index contributed by atoms with van der Waals surface area (Å²) in [7, 11) is 1.79. The lowest BCUT2D eigenvalue weighted by molar-refractivity contribution is 0.0453. The number of hydrogen-bond donors (Lipinski definition) is 2. The van der Waals surface area contributed by atoms with Crippen LogP contribution in [0.15, 0.2) is 64.5 Å². The first-order valence-corrected chi connectivity index (χ1v) is 10.7. The lowest BCUT2D eigenvalue weighted by Gasteiger charge is -2.12. The van der Waals surface area contributed by atoms with Gasteiger partial charge in [0.1, 0.15) is 0 Å². The molecule has 0 aromatic heterocycles. The second kappa shape index (κ2) is 14.0. The fourth-order valence-electron chi connectivity index (χ4n) is 2.54. The highest BCUT2D eigenvalue weighted by molar-refractivity contribution is 7.99. The molecule has 5 nitrogen and oxygen atoms in total. The predicted octanol–water partition coefficient (Wildman–Crippen LogP) is 3.70. The van der Waals surface area contributed by atoms with Gasteiger partial charge in [-0.15, -0.1) is 11.8 Å². The standard InChI is InChI=1S/C22H31N3O2S/c1-3-26-13-14-27-18-20-9-7-8-19(16-20)17-25-22(23-2)24-12-15-28-21-10-5-4-6-11-21/h4-11,16H,3,12-15,17-18H2,1-2H3,(H2,23,24,25). The molecule has 2 aromatic carbocycles. The summed E-state index contributed by atoms with van der Waals surface area (Å²) in [6.45, 7) is 6.15. The Morgan fingerprint density at radius 3 is 2.54 bits per heavy atom. The Hall–Kier alpha value is -2.02. The highest BCUT2D eigenvalue weighted by atomic mass is 32.2. The van der Waals surface area contributed by atoms with Gasteiger partial charge in [-0.05, 0) is 30.2 Å². The van der Waals surface area contributed by atoms with Crippen molar-refractivity contribution in [2.75, 3.05) is 39.2 Å². The van der Waals surface area contributed by atoms with Crippen molar-refractivity contribution >= 4 is 17.7 Å². The van der Waals surface area contributed by atoms with Crippen molar-refractivity contribution in [2.24, 2.45) is 4.99 Å². The van der Waals surface area contributed by atoms with E-state index in [2.05, 4.69) is 64.2 Å². The molecule has 0 atom stereocenters. The third kappa shape index (κ3) is 9.26.